The van der Waals surface area contributed by atoms with E-state index in [1.54, 1.807) is 0 Å². The molecule has 0 spiro atoms. The van der Waals surface area contributed by atoms with Crippen molar-refractivity contribution < 1.29 is 0 Å². The van der Waals surface area contributed by atoms with Crippen molar-refractivity contribution in [2.24, 2.45) is 5.73 Å². The van der Waals surface area contributed by atoms with E-state index in [2.05, 4.69) is 47.4 Å². The molecule has 1 atom stereocenters. The van der Waals surface area contributed by atoms with E-state index in [4.69, 9.17) is 5.73 Å². The van der Waals surface area contributed by atoms with Gasteiger partial charge < -0.3 is 11.1 Å². The van der Waals surface area contributed by atoms with E-state index in [1.165, 1.54) is 16.7 Å². The third-order valence-corrected chi connectivity index (χ3v) is 3.83. The van der Waals surface area contributed by atoms with Gasteiger partial charge in [0.1, 0.15) is 0 Å². The zero-order chi connectivity index (χ0) is 14.1. The molecule has 5 heteroatoms. The molecule has 1 aliphatic rings. The lowest BCUT2D eigenvalue weighted by atomic mass is 9.96. The molecule has 0 fully saturated rings. The zero-order valence-corrected chi connectivity index (χ0v) is 12.1. The van der Waals surface area contributed by atoms with Gasteiger partial charge in [0.15, 0.2) is 5.82 Å². The second-order valence-corrected chi connectivity index (χ2v) is 5.43. The molecule has 0 amide bonds. The summed E-state index contributed by atoms with van der Waals surface area (Å²) in [5.74, 6) is 1.69. The second-order valence-electron chi connectivity index (χ2n) is 5.43. The van der Waals surface area contributed by atoms with E-state index in [0.29, 0.717) is 6.54 Å². The fourth-order valence-electron chi connectivity index (χ4n) is 2.79. The summed E-state index contributed by atoms with van der Waals surface area (Å²) in [6, 6.07) is 6.87. The van der Waals surface area contributed by atoms with Crippen LogP contribution < -0.4 is 11.1 Å². The number of nitrogens with one attached hydrogen (secondary N) is 1. The van der Waals surface area contributed by atoms with E-state index in [9.17, 15) is 0 Å². The molecule has 20 heavy (non-hydrogen) atoms. The van der Waals surface area contributed by atoms with E-state index in [0.717, 1.165) is 31.2 Å². The minimum atomic E-state index is 0.269. The van der Waals surface area contributed by atoms with Crippen molar-refractivity contribution >= 4 is 5.95 Å². The summed E-state index contributed by atoms with van der Waals surface area (Å²) < 4.78 is 2.02. The first kappa shape index (κ1) is 13.1. The maximum absolute atomic E-state index is 5.60. The highest BCUT2D eigenvalue weighted by Gasteiger charge is 2.25. The van der Waals surface area contributed by atoms with Crippen molar-refractivity contribution in [3.63, 3.8) is 0 Å². The lowest BCUT2D eigenvalue weighted by molar-refractivity contribution is 0.475. The van der Waals surface area contributed by atoms with Crippen LogP contribution in [0.2, 0.25) is 0 Å². The van der Waals surface area contributed by atoms with E-state index in [-0.39, 0.29) is 6.04 Å². The Balaban J connectivity index is 2.02. The van der Waals surface area contributed by atoms with Crippen LogP contribution in [-0.2, 0) is 6.42 Å². The lowest BCUT2D eigenvalue weighted by Gasteiger charge is -2.26. The number of anilines is 1. The Morgan fingerprint density at radius 1 is 1.40 bits per heavy atom. The Morgan fingerprint density at radius 2 is 2.25 bits per heavy atom. The van der Waals surface area contributed by atoms with Gasteiger partial charge in [0.05, 0.1) is 6.04 Å². The van der Waals surface area contributed by atoms with E-state index in [1.807, 2.05) is 4.68 Å². The first-order chi connectivity index (χ1) is 9.69. The summed E-state index contributed by atoms with van der Waals surface area (Å²) in [5, 5.41) is 7.96. The molecule has 1 aliphatic heterocycles. The molecule has 3 N–H and O–H groups in total. The van der Waals surface area contributed by atoms with Crippen molar-refractivity contribution in [3.8, 4) is 0 Å². The Hall–Kier alpha value is -1.88. The summed E-state index contributed by atoms with van der Waals surface area (Å²) in [5.41, 5.74) is 9.54. The maximum Gasteiger partial charge on any atom is 0.221 e. The van der Waals surface area contributed by atoms with Crippen LogP contribution in [-0.4, -0.2) is 27.9 Å². The number of rotatable bonds is 3. The van der Waals surface area contributed by atoms with Crippen LogP contribution in [0.3, 0.4) is 0 Å². The zero-order valence-electron chi connectivity index (χ0n) is 12.1. The fraction of sp³-hybridized carbons (Fsp3) is 0.467. The van der Waals surface area contributed by atoms with Crippen molar-refractivity contribution in [2.75, 3.05) is 18.4 Å². The van der Waals surface area contributed by atoms with Crippen molar-refractivity contribution in [1.29, 1.82) is 0 Å². The Morgan fingerprint density at radius 3 is 3.05 bits per heavy atom. The van der Waals surface area contributed by atoms with Crippen LogP contribution in [0.25, 0.3) is 0 Å². The Kier molecular flexibility index (Phi) is 3.44. The molecule has 3 rings (SSSR count). The predicted octanol–water partition coefficient (Wildman–Crippen LogP) is 1.80. The average Bonchev–Trinajstić information content (AvgIpc) is 2.84. The molecule has 1 unspecified atom stereocenters. The number of aryl methyl sites for hydroxylation is 2. The highest BCUT2D eigenvalue weighted by atomic mass is 15.4. The Bertz CT molecular complexity index is 617. The summed E-state index contributed by atoms with van der Waals surface area (Å²) >= 11 is 0. The summed E-state index contributed by atoms with van der Waals surface area (Å²) in [4.78, 5) is 4.53. The molecule has 0 bridgehead atoms. The minimum absolute atomic E-state index is 0.269. The normalized spacial score (nSPS) is 17.6. The first-order valence-corrected chi connectivity index (χ1v) is 7.15. The Labute approximate surface area is 119 Å². The minimum Gasteiger partial charge on any atom is -0.354 e. The quantitative estimate of drug-likeness (QED) is 0.893. The molecule has 1 aromatic carbocycles. The van der Waals surface area contributed by atoms with Gasteiger partial charge in [0.2, 0.25) is 5.95 Å². The first-order valence-electron chi connectivity index (χ1n) is 7.15. The maximum atomic E-state index is 5.60. The molecule has 1 aromatic heterocycles. The van der Waals surface area contributed by atoms with Crippen molar-refractivity contribution in [3.05, 3.63) is 40.7 Å². The fourth-order valence-corrected chi connectivity index (χ4v) is 2.79. The largest absolute Gasteiger partial charge is 0.354 e. The molecule has 2 aromatic rings. The van der Waals surface area contributed by atoms with Gasteiger partial charge in [-0.25, -0.2) is 4.68 Å². The average molecular weight is 271 g/mol. The van der Waals surface area contributed by atoms with Gasteiger partial charge in [-0.3, -0.25) is 0 Å². The number of nitrogens with zero attached hydrogens (tertiary/aromatic N) is 3. The smallest absolute Gasteiger partial charge is 0.221 e. The predicted molar refractivity (Wildman–Crippen MR) is 79.9 cm³/mol. The molecule has 5 nitrogen and oxygen atoms in total. The highest BCUT2D eigenvalue weighted by Crippen LogP contribution is 2.30. The molecular weight excluding hydrogens is 250 g/mol. The number of benzene rings is 1. The molecule has 0 radical (unpaired) electrons. The van der Waals surface area contributed by atoms with Gasteiger partial charge in [0, 0.05) is 13.0 Å². The standard InChI is InChI=1S/C15H21N5/c1-10-3-4-11(2)12(9-10)13-6-8-17-15-18-14(5-7-16)19-20(13)15/h3-4,9,13H,5-8,16H2,1-2H3,(H,17,18,19). The number of nitrogens with two attached hydrogens (primary N) is 1. The van der Waals surface area contributed by atoms with Crippen LogP contribution in [0.4, 0.5) is 5.95 Å². The molecule has 0 aliphatic carbocycles. The summed E-state index contributed by atoms with van der Waals surface area (Å²) in [7, 11) is 0. The van der Waals surface area contributed by atoms with Gasteiger partial charge in [0.25, 0.3) is 0 Å². The van der Waals surface area contributed by atoms with Gasteiger partial charge in [-0.15, -0.1) is 0 Å². The van der Waals surface area contributed by atoms with Crippen LogP contribution in [0.15, 0.2) is 18.2 Å². The van der Waals surface area contributed by atoms with Crippen LogP contribution >= 0.6 is 0 Å². The van der Waals surface area contributed by atoms with Crippen LogP contribution in [0.5, 0.6) is 0 Å². The van der Waals surface area contributed by atoms with E-state index < -0.39 is 0 Å². The molecule has 106 valence electrons. The van der Waals surface area contributed by atoms with Crippen molar-refractivity contribution in [2.45, 2.75) is 32.7 Å². The van der Waals surface area contributed by atoms with Gasteiger partial charge in [-0.2, -0.15) is 10.1 Å². The number of hydrogen-bond donors (Lipinski definition) is 2. The third kappa shape index (κ3) is 2.29. The summed E-state index contributed by atoms with van der Waals surface area (Å²) in [6.07, 6.45) is 1.75. The number of hydrogen-bond acceptors (Lipinski definition) is 4. The number of aromatic nitrogens is 3. The van der Waals surface area contributed by atoms with Gasteiger partial charge >= 0.3 is 0 Å². The highest BCUT2D eigenvalue weighted by molar-refractivity contribution is 5.38. The van der Waals surface area contributed by atoms with Crippen LogP contribution in [0.1, 0.15) is 35.0 Å². The second kappa shape index (κ2) is 5.25. The van der Waals surface area contributed by atoms with Crippen molar-refractivity contribution in [1.82, 2.24) is 14.8 Å². The van der Waals surface area contributed by atoms with E-state index >= 15 is 0 Å². The lowest BCUT2D eigenvalue weighted by Crippen LogP contribution is -2.25. The third-order valence-electron chi connectivity index (χ3n) is 3.83. The van der Waals surface area contributed by atoms with Crippen LogP contribution in [0, 0.1) is 13.8 Å². The SMILES string of the molecule is Cc1ccc(C)c(C2CCNc3nc(CCN)nn32)c1. The molecule has 0 saturated heterocycles. The number of fused-ring (bicyclic) bond motifs is 1. The van der Waals surface area contributed by atoms with Gasteiger partial charge in [-0.1, -0.05) is 23.8 Å². The monoisotopic (exact) mass is 271 g/mol. The summed E-state index contributed by atoms with van der Waals surface area (Å²) in [6.45, 7) is 5.80. The molecule has 0 saturated carbocycles. The topological polar surface area (TPSA) is 68.8 Å². The van der Waals surface area contributed by atoms with Gasteiger partial charge in [-0.05, 0) is 37.9 Å². The molecular formula is C15H21N5. The molecule has 2 heterocycles.